The van der Waals surface area contributed by atoms with Crippen molar-refractivity contribution in [2.75, 3.05) is 44.8 Å². The van der Waals surface area contributed by atoms with E-state index in [0.29, 0.717) is 25.3 Å². The number of sulfone groups is 1. The molecule has 5 nitrogen and oxygen atoms in total. The van der Waals surface area contributed by atoms with E-state index in [1.54, 1.807) is 7.05 Å². The van der Waals surface area contributed by atoms with Crippen LogP contribution < -0.4 is 5.32 Å². The second-order valence-corrected chi connectivity index (χ2v) is 6.28. The fourth-order valence-corrected chi connectivity index (χ4v) is 3.03. The molecule has 0 radical (unpaired) electrons. The lowest BCUT2D eigenvalue weighted by Gasteiger charge is -2.24. The third kappa shape index (κ3) is 4.46. The standard InChI is InChI=1S/C9H20N2O3S/c1-10-9(8-12)7-11-3-2-5-15(13,14)6-4-11/h9-10,12H,2-8H2,1H3. The van der Waals surface area contributed by atoms with Crippen LogP contribution in [0.4, 0.5) is 0 Å². The van der Waals surface area contributed by atoms with Crippen molar-refractivity contribution in [2.45, 2.75) is 12.5 Å². The second-order valence-electron chi connectivity index (χ2n) is 3.97. The van der Waals surface area contributed by atoms with Crippen molar-refractivity contribution in [3.05, 3.63) is 0 Å². The predicted octanol–water partition coefficient (Wildman–Crippen LogP) is -1.31. The lowest BCUT2D eigenvalue weighted by molar-refractivity contribution is 0.192. The molecule has 0 spiro atoms. The molecule has 1 aliphatic heterocycles. The van der Waals surface area contributed by atoms with E-state index < -0.39 is 9.84 Å². The van der Waals surface area contributed by atoms with E-state index in [9.17, 15) is 8.42 Å². The van der Waals surface area contributed by atoms with Crippen molar-refractivity contribution in [3.8, 4) is 0 Å². The van der Waals surface area contributed by atoms with Crippen molar-refractivity contribution in [1.29, 1.82) is 0 Å². The van der Waals surface area contributed by atoms with Gasteiger partial charge in [0.15, 0.2) is 9.84 Å². The molecule has 1 heterocycles. The largest absolute Gasteiger partial charge is 0.395 e. The van der Waals surface area contributed by atoms with E-state index in [1.807, 2.05) is 0 Å². The number of likely N-dealkylation sites (N-methyl/N-ethyl adjacent to an activating group) is 1. The third-order valence-corrected chi connectivity index (χ3v) is 4.47. The van der Waals surface area contributed by atoms with Gasteiger partial charge >= 0.3 is 0 Å². The average molecular weight is 236 g/mol. The minimum Gasteiger partial charge on any atom is -0.395 e. The molecular weight excluding hydrogens is 216 g/mol. The van der Waals surface area contributed by atoms with Gasteiger partial charge in [-0.1, -0.05) is 0 Å². The molecule has 0 saturated carbocycles. The lowest BCUT2D eigenvalue weighted by Crippen LogP contribution is -2.42. The molecule has 0 aromatic heterocycles. The van der Waals surface area contributed by atoms with Crippen LogP contribution in [-0.2, 0) is 9.84 Å². The number of hydrogen-bond donors (Lipinski definition) is 2. The SMILES string of the molecule is CNC(CO)CN1CCCS(=O)(=O)CC1. The Morgan fingerprint density at radius 2 is 2.13 bits per heavy atom. The van der Waals surface area contributed by atoms with Crippen LogP contribution in [0.15, 0.2) is 0 Å². The van der Waals surface area contributed by atoms with Crippen LogP contribution in [0, 0.1) is 0 Å². The lowest BCUT2D eigenvalue weighted by atomic mass is 10.2. The summed E-state index contributed by atoms with van der Waals surface area (Å²) in [5, 5.41) is 12.0. The van der Waals surface area contributed by atoms with Gasteiger partial charge in [-0.05, 0) is 20.0 Å². The summed E-state index contributed by atoms with van der Waals surface area (Å²) >= 11 is 0. The summed E-state index contributed by atoms with van der Waals surface area (Å²) in [5.74, 6) is 0.543. The fraction of sp³-hybridized carbons (Fsp3) is 1.00. The molecule has 0 aliphatic carbocycles. The van der Waals surface area contributed by atoms with Gasteiger partial charge in [0.25, 0.3) is 0 Å². The van der Waals surface area contributed by atoms with Crippen molar-refractivity contribution in [3.63, 3.8) is 0 Å². The Morgan fingerprint density at radius 3 is 2.73 bits per heavy atom. The minimum atomic E-state index is -2.83. The smallest absolute Gasteiger partial charge is 0.151 e. The molecular formula is C9H20N2O3S. The summed E-state index contributed by atoms with van der Waals surface area (Å²) in [6, 6.07) is 0.0332. The first kappa shape index (κ1) is 12.9. The molecule has 15 heavy (non-hydrogen) atoms. The van der Waals surface area contributed by atoms with E-state index in [-0.39, 0.29) is 18.4 Å². The maximum absolute atomic E-state index is 11.3. The van der Waals surface area contributed by atoms with E-state index in [0.717, 1.165) is 6.54 Å². The van der Waals surface area contributed by atoms with Crippen LogP contribution in [-0.4, -0.2) is 69.3 Å². The molecule has 0 aromatic carbocycles. The van der Waals surface area contributed by atoms with Crippen LogP contribution in [0.3, 0.4) is 0 Å². The number of aliphatic hydroxyl groups excluding tert-OH is 1. The van der Waals surface area contributed by atoms with Crippen molar-refractivity contribution in [2.24, 2.45) is 0 Å². The molecule has 1 fully saturated rings. The Kier molecular flexibility index (Phi) is 4.98. The highest BCUT2D eigenvalue weighted by Gasteiger charge is 2.20. The summed E-state index contributed by atoms with van der Waals surface area (Å²) in [4.78, 5) is 2.10. The van der Waals surface area contributed by atoms with Crippen molar-refractivity contribution >= 4 is 9.84 Å². The molecule has 1 atom stereocenters. The Hall–Kier alpha value is -0.170. The summed E-state index contributed by atoms with van der Waals surface area (Å²) in [6.07, 6.45) is 0.699. The second kappa shape index (κ2) is 5.79. The Labute approximate surface area is 91.4 Å². The van der Waals surface area contributed by atoms with Gasteiger partial charge < -0.3 is 15.3 Å². The molecule has 0 bridgehead atoms. The zero-order chi connectivity index (χ0) is 11.3. The maximum atomic E-state index is 11.3. The molecule has 1 unspecified atom stereocenters. The normalized spacial score (nSPS) is 24.7. The summed E-state index contributed by atoms with van der Waals surface area (Å²) in [6.45, 7) is 2.18. The van der Waals surface area contributed by atoms with Gasteiger partial charge in [-0.25, -0.2) is 8.42 Å². The predicted molar refractivity (Wildman–Crippen MR) is 59.6 cm³/mol. The fourth-order valence-electron chi connectivity index (χ4n) is 1.72. The molecule has 1 rings (SSSR count). The zero-order valence-corrected chi connectivity index (χ0v) is 9.96. The molecule has 1 saturated heterocycles. The van der Waals surface area contributed by atoms with E-state index in [2.05, 4.69) is 10.2 Å². The van der Waals surface area contributed by atoms with Gasteiger partial charge in [-0.15, -0.1) is 0 Å². The Morgan fingerprint density at radius 1 is 1.40 bits per heavy atom. The molecule has 90 valence electrons. The zero-order valence-electron chi connectivity index (χ0n) is 9.15. The molecule has 6 heteroatoms. The number of nitrogens with one attached hydrogen (secondary N) is 1. The van der Waals surface area contributed by atoms with Gasteiger partial charge in [0.1, 0.15) is 0 Å². The summed E-state index contributed by atoms with van der Waals surface area (Å²) in [5.41, 5.74) is 0. The topological polar surface area (TPSA) is 69.6 Å². The monoisotopic (exact) mass is 236 g/mol. The van der Waals surface area contributed by atoms with Crippen LogP contribution in [0.5, 0.6) is 0 Å². The highest BCUT2D eigenvalue weighted by atomic mass is 32.2. The average Bonchev–Trinajstić information content (AvgIpc) is 2.36. The van der Waals surface area contributed by atoms with Gasteiger partial charge in [0, 0.05) is 19.1 Å². The first-order valence-corrected chi connectivity index (χ1v) is 7.10. The Bertz CT molecular complexity index is 275. The molecule has 1 aliphatic rings. The van der Waals surface area contributed by atoms with E-state index in [4.69, 9.17) is 5.11 Å². The first-order valence-electron chi connectivity index (χ1n) is 5.28. The summed E-state index contributed by atoms with van der Waals surface area (Å²) in [7, 11) is -1.02. The van der Waals surface area contributed by atoms with Gasteiger partial charge in [-0.3, -0.25) is 0 Å². The van der Waals surface area contributed by atoms with E-state index >= 15 is 0 Å². The number of aliphatic hydroxyl groups is 1. The minimum absolute atomic E-state index is 0.0332. The first-order chi connectivity index (χ1) is 7.07. The summed E-state index contributed by atoms with van der Waals surface area (Å²) < 4.78 is 22.7. The van der Waals surface area contributed by atoms with Crippen LogP contribution >= 0.6 is 0 Å². The molecule has 0 amide bonds. The van der Waals surface area contributed by atoms with Gasteiger partial charge in [0.2, 0.25) is 0 Å². The van der Waals surface area contributed by atoms with Gasteiger partial charge in [0.05, 0.1) is 18.1 Å². The number of nitrogens with zero attached hydrogens (tertiary/aromatic N) is 1. The van der Waals surface area contributed by atoms with Crippen LogP contribution in [0.1, 0.15) is 6.42 Å². The van der Waals surface area contributed by atoms with Crippen molar-refractivity contribution < 1.29 is 13.5 Å². The van der Waals surface area contributed by atoms with Crippen molar-refractivity contribution in [1.82, 2.24) is 10.2 Å². The highest BCUT2D eigenvalue weighted by Crippen LogP contribution is 2.05. The number of hydrogen-bond acceptors (Lipinski definition) is 5. The highest BCUT2D eigenvalue weighted by molar-refractivity contribution is 7.91. The third-order valence-electron chi connectivity index (χ3n) is 2.76. The molecule has 0 aromatic rings. The van der Waals surface area contributed by atoms with Crippen LogP contribution in [0.25, 0.3) is 0 Å². The van der Waals surface area contributed by atoms with Crippen LogP contribution in [0.2, 0.25) is 0 Å². The quantitative estimate of drug-likeness (QED) is 0.634. The molecule has 2 N–H and O–H groups in total. The Balaban J connectivity index is 2.44. The maximum Gasteiger partial charge on any atom is 0.151 e. The number of rotatable bonds is 4. The van der Waals surface area contributed by atoms with Gasteiger partial charge in [-0.2, -0.15) is 0 Å². The van der Waals surface area contributed by atoms with E-state index in [1.165, 1.54) is 0 Å².